The highest BCUT2D eigenvalue weighted by atomic mass is 32.2. The summed E-state index contributed by atoms with van der Waals surface area (Å²) in [6, 6.07) is 9.80. The second kappa shape index (κ2) is 5.81. The van der Waals surface area contributed by atoms with Gasteiger partial charge in [-0.3, -0.25) is 4.21 Å². The molecule has 2 nitrogen and oxygen atoms in total. The third-order valence-corrected chi connectivity index (χ3v) is 4.24. The minimum Gasteiger partial charge on any atom is -0.253 e. The maximum atomic E-state index is 12.0. The van der Waals surface area contributed by atoms with Crippen LogP contribution < -0.4 is 0 Å². The van der Waals surface area contributed by atoms with E-state index < -0.39 is 16.0 Å². The first-order valence-electron chi connectivity index (χ1n) is 5.50. The Morgan fingerprint density at radius 3 is 2.25 bits per heavy atom. The molecule has 2 unspecified atom stereocenters. The molecule has 0 aliphatic rings. The van der Waals surface area contributed by atoms with E-state index in [1.807, 2.05) is 31.2 Å². The summed E-state index contributed by atoms with van der Waals surface area (Å²) in [6.07, 6.45) is 0.620. The van der Waals surface area contributed by atoms with Gasteiger partial charge >= 0.3 is 0 Å². The number of rotatable bonds is 4. The molecule has 0 amide bonds. The smallest absolute Gasteiger partial charge is 0.126 e. The number of hydrogen-bond acceptors (Lipinski definition) is 2. The first kappa shape index (κ1) is 12.9. The molecule has 0 saturated heterocycles. The Morgan fingerprint density at radius 2 is 1.88 bits per heavy atom. The summed E-state index contributed by atoms with van der Waals surface area (Å²) in [4.78, 5) is 0.748. The van der Waals surface area contributed by atoms with E-state index >= 15 is 0 Å². The lowest BCUT2D eigenvalue weighted by molar-refractivity contribution is 0.676. The van der Waals surface area contributed by atoms with Gasteiger partial charge in [-0.2, -0.15) is 5.26 Å². The highest BCUT2D eigenvalue weighted by Gasteiger charge is 2.15. The fraction of sp³-hybridized carbons (Fsp3) is 0.462. The van der Waals surface area contributed by atoms with Crippen molar-refractivity contribution in [3.63, 3.8) is 0 Å². The van der Waals surface area contributed by atoms with Crippen LogP contribution in [0.15, 0.2) is 29.2 Å². The van der Waals surface area contributed by atoms with Crippen molar-refractivity contribution in [3.05, 3.63) is 29.8 Å². The van der Waals surface area contributed by atoms with Crippen LogP contribution in [0.1, 0.15) is 38.7 Å². The van der Waals surface area contributed by atoms with Crippen molar-refractivity contribution in [2.75, 3.05) is 0 Å². The molecule has 2 atom stereocenters. The van der Waals surface area contributed by atoms with Crippen molar-refractivity contribution >= 4 is 10.8 Å². The lowest BCUT2D eigenvalue weighted by Crippen LogP contribution is -2.11. The summed E-state index contributed by atoms with van der Waals surface area (Å²) < 4.78 is 12.0. The van der Waals surface area contributed by atoms with Gasteiger partial charge in [0.1, 0.15) is 5.25 Å². The zero-order chi connectivity index (χ0) is 12.1. The molecule has 86 valence electrons. The molecule has 3 heteroatoms. The Balaban J connectivity index is 2.90. The van der Waals surface area contributed by atoms with Crippen molar-refractivity contribution < 1.29 is 4.21 Å². The Kier molecular flexibility index (Phi) is 4.70. The quantitative estimate of drug-likeness (QED) is 0.804. The summed E-state index contributed by atoms with van der Waals surface area (Å²) in [5.41, 5.74) is 1.23. The summed E-state index contributed by atoms with van der Waals surface area (Å²) in [5.74, 6) is 0.473. The van der Waals surface area contributed by atoms with E-state index in [0.717, 1.165) is 4.90 Å². The average molecular weight is 235 g/mol. The number of benzene rings is 1. The van der Waals surface area contributed by atoms with Gasteiger partial charge in [0.2, 0.25) is 0 Å². The SMILES string of the molecule is CCC(C#N)S(=O)c1ccc(C(C)C)cc1. The van der Waals surface area contributed by atoms with Crippen LogP contribution in [0.5, 0.6) is 0 Å². The van der Waals surface area contributed by atoms with Crippen LogP contribution in [0.25, 0.3) is 0 Å². The minimum absolute atomic E-state index is 0.398. The first-order valence-corrected chi connectivity index (χ1v) is 6.71. The number of nitriles is 1. The van der Waals surface area contributed by atoms with Crippen LogP contribution in [0.4, 0.5) is 0 Å². The molecular weight excluding hydrogens is 218 g/mol. The molecule has 1 aromatic rings. The van der Waals surface area contributed by atoms with Crippen LogP contribution in [0.3, 0.4) is 0 Å². The zero-order valence-electron chi connectivity index (χ0n) is 9.93. The monoisotopic (exact) mass is 235 g/mol. The number of nitrogens with zero attached hydrogens (tertiary/aromatic N) is 1. The molecule has 1 rings (SSSR count). The third kappa shape index (κ3) is 2.93. The molecule has 0 aliphatic carbocycles. The first-order chi connectivity index (χ1) is 7.60. The van der Waals surface area contributed by atoms with Crippen molar-refractivity contribution in [1.82, 2.24) is 0 Å². The van der Waals surface area contributed by atoms with Crippen LogP contribution in [-0.2, 0) is 10.8 Å². The molecular formula is C13H17NOS. The fourth-order valence-electron chi connectivity index (χ4n) is 1.44. The van der Waals surface area contributed by atoms with E-state index in [1.165, 1.54) is 5.56 Å². The molecule has 0 radical (unpaired) electrons. The van der Waals surface area contributed by atoms with Gasteiger partial charge in [-0.05, 0) is 30.0 Å². The molecule has 0 heterocycles. The Morgan fingerprint density at radius 1 is 1.31 bits per heavy atom. The van der Waals surface area contributed by atoms with Gasteiger partial charge in [0, 0.05) is 4.90 Å². The summed E-state index contributed by atoms with van der Waals surface area (Å²) in [6.45, 7) is 6.13. The van der Waals surface area contributed by atoms with Gasteiger partial charge in [-0.15, -0.1) is 0 Å². The van der Waals surface area contributed by atoms with E-state index in [1.54, 1.807) is 0 Å². The van der Waals surface area contributed by atoms with Gasteiger partial charge < -0.3 is 0 Å². The van der Waals surface area contributed by atoms with E-state index in [-0.39, 0.29) is 0 Å². The molecule has 0 saturated carbocycles. The molecule has 0 N–H and O–H groups in total. The Hall–Kier alpha value is -1.14. The van der Waals surface area contributed by atoms with Crippen molar-refractivity contribution in [1.29, 1.82) is 5.26 Å². The Labute approximate surface area is 99.8 Å². The normalized spacial score (nSPS) is 14.4. The van der Waals surface area contributed by atoms with Crippen LogP contribution in [0.2, 0.25) is 0 Å². The van der Waals surface area contributed by atoms with Crippen LogP contribution >= 0.6 is 0 Å². The second-order valence-corrected chi connectivity index (χ2v) is 5.68. The summed E-state index contributed by atoms with van der Waals surface area (Å²) >= 11 is 0. The maximum absolute atomic E-state index is 12.0. The molecule has 0 aromatic heterocycles. The molecule has 0 aliphatic heterocycles. The van der Waals surface area contributed by atoms with E-state index in [9.17, 15) is 4.21 Å². The summed E-state index contributed by atoms with van der Waals surface area (Å²) in [7, 11) is -1.20. The standard InChI is InChI=1S/C13H17NOS/c1-4-12(9-14)16(15)13-7-5-11(6-8-13)10(2)3/h5-8,10,12H,4H2,1-3H3. The number of hydrogen-bond donors (Lipinski definition) is 0. The molecule has 0 fully saturated rings. The fourth-order valence-corrected chi connectivity index (χ4v) is 2.57. The van der Waals surface area contributed by atoms with Crippen molar-refractivity contribution in [2.45, 2.75) is 43.3 Å². The summed E-state index contributed by atoms with van der Waals surface area (Å²) in [5, 5.41) is 8.46. The van der Waals surface area contributed by atoms with E-state index in [4.69, 9.17) is 5.26 Å². The van der Waals surface area contributed by atoms with Gasteiger partial charge in [-0.1, -0.05) is 32.9 Å². The predicted octanol–water partition coefficient (Wildman–Crippen LogP) is 3.22. The lowest BCUT2D eigenvalue weighted by atomic mass is 10.0. The highest BCUT2D eigenvalue weighted by molar-refractivity contribution is 7.86. The predicted molar refractivity (Wildman–Crippen MR) is 66.6 cm³/mol. The largest absolute Gasteiger partial charge is 0.253 e. The zero-order valence-corrected chi connectivity index (χ0v) is 10.8. The third-order valence-electron chi connectivity index (χ3n) is 2.55. The maximum Gasteiger partial charge on any atom is 0.126 e. The van der Waals surface area contributed by atoms with Gasteiger partial charge in [-0.25, -0.2) is 0 Å². The topological polar surface area (TPSA) is 40.9 Å². The molecule has 0 bridgehead atoms. The van der Waals surface area contributed by atoms with Gasteiger partial charge in [0.15, 0.2) is 0 Å². The molecule has 16 heavy (non-hydrogen) atoms. The van der Waals surface area contributed by atoms with Crippen LogP contribution in [0, 0.1) is 11.3 Å². The minimum atomic E-state index is -1.20. The van der Waals surface area contributed by atoms with Crippen molar-refractivity contribution in [2.24, 2.45) is 0 Å². The lowest BCUT2D eigenvalue weighted by Gasteiger charge is -2.09. The molecule has 1 aromatic carbocycles. The molecule has 0 spiro atoms. The van der Waals surface area contributed by atoms with Gasteiger partial charge in [0.05, 0.1) is 16.9 Å². The Bertz CT molecular complexity index is 403. The highest BCUT2D eigenvalue weighted by Crippen LogP contribution is 2.18. The van der Waals surface area contributed by atoms with Gasteiger partial charge in [0.25, 0.3) is 0 Å². The van der Waals surface area contributed by atoms with E-state index in [0.29, 0.717) is 12.3 Å². The van der Waals surface area contributed by atoms with Crippen LogP contribution in [-0.4, -0.2) is 9.46 Å². The second-order valence-electron chi connectivity index (χ2n) is 4.05. The average Bonchev–Trinajstić information content (AvgIpc) is 2.30. The van der Waals surface area contributed by atoms with E-state index in [2.05, 4.69) is 19.9 Å². The van der Waals surface area contributed by atoms with Crippen molar-refractivity contribution in [3.8, 4) is 6.07 Å².